The van der Waals surface area contributed by atoms with Gasteiger partial charge in [-0.3, -0.25) is 0 Å². The van der Waals surface area contributed by atoms with Crippen LogP contribution in [0.4, 0.5) is 5.82 Å². The van der Waals surface area contributed by atoms with E-state index < -0.39 is 0 Å². The maximum Gasteiger partial charge on any atom is 0.128 e. The van der Waals surface area contributed by atoms with E-state index in [0.717, 1.165) is 29.4 Å². The summed E-state index contributed by atoms with van der Waals surface area (Å²) >= 11 is 9.52. The minimum Gasteiger partial charge on any atom is -0.383 e. The number of anilines is 1. The van der Waals surface area contributed by atoms with Crippen molar-refractivity contribution in [2.75, 3.05) is 12.3 Å². The van der Waals surface area contributed by atoms with Crippen molar-refractivity contribution in [3.05, 3.63) is 57.2 Å². The van der Waals surface area contributed by atoms with Gasteiger partial charge in [0.1, 0.15) is 5.82 Å². The van der Waals surface area contributed by atoms with Crippen LogP contribution in [0.3, 0.4) is 0 Å². The molecule has 0 radical (unpaired) electrons. The van der Waals surface area contributed by atoms with Crippen molar-refractivity contribution in [3.8, 4) is 0 Å². The number of aromatic nitrogens is 1. The van der Waals surface area contributed by atoms with Crippen molar-refractivity contribution in [2.24, 2.45) is 0 Å². The Morgan fingerprint density at radius 2 is 2.05 bits per heavy atom. The van der Waals surface area contributed by atoms with Gasteiger partial charge in [-0.1, -0.05) is 46.6 Å². The molecule has 0 amide bonds. The number of halogens is 2. The van der Waals surface area contributed by atoms with E-state index in [-0.39, 0.29) is 6.04 Å². The molecule has 0 aliphatic heterocycles. The summed E-state index contributed by atoms with van der Waals surface area (Å²) in [5.41, 5.74) is 8.22. The zero-order valence-corrected chi connectivity index (χ0v) is 14.3. The van der Waals surface area contributed by atoms with Gasteiger partial charge in [0.25, 0.3) is 0 Å². The summed E-state index contributed by atoms with van der Waals surface area (Å²) in [5, 5.41) is 4.14. The van der Waals surface area contributed by atoms with Crippen molar-refractivity contribution in [1.82, 2.24) is 10.3 Å². The van der Waals surface area contributed by atoms with Crippen LogP contribution < -0.4 is 11.1 Å². The van der Waals surface area contributed by atoms with E-state index in [1.165, 1.54) is 5.56 Å². The molecule has 1 aromatic carbocycles. The van der Waals surface area contributed by atoms with E-state index in [0.29, 0.717) is 10.8 Å². The molecular formula is C16H19BrClN3. The first-order chi connectivity index (χ1) is 10.1. The molecule has 1 unspecified atom stereocenters. The first-order valence-electron chi connectivity index (χ1n) is 6.99. The van der Waals surface area contributed by atoms with Crippen molar-refractivity contribution >= 4 is 33.3 Å². The number of nitrogen functional groups attached to an aromatic ring is 1. The number of hydrogen-bond acceptors (Lipinski definition) is 3. The zero-order valence-electron chi connectivity index (χ0n) is 11.9. The molecule has 0 bridgehead atoms. The highest BCUT2D eigenvalue weighted by molar-refractivity contribution is 9.10. The topological polar surface area (TPSA) is 50.9 Å². The quantitative estimate of drug-likeness (QED) is 0.796. The molecule has 1 aromatic heterocycles. The van der Waals surface area contributed by atoms with Crippen LogP contribution in [0.15, 0.2) is 41.0 Å². The van der Waals surface area contributed by atoms with Gasteiger partial charge < -0.3 is 11.1 Å². The Bertz CT molecular complexity index is 587. The fraction of sp³-hybridized carbons (Fsp3) is 0.312. The molecule has 1 atom stereocenters. The second-order valence-electron chi connectivity index (χ2n) is 4.97. The van der Waals surface area contributed by atoms with Gasteiger partial charge in [-0.2, -0.15) is 0 Å². The highest BCUT2D eigenvalue weighted by atomic mass is 79.9. The first kappa shape index (κ1) is 16.3. The molecule has 0 aliphatic rings. The van der Waals surface area contributed by atoms with E-state index in [9.17, 15) is 0 Å². The third kappa shape index (κ3) is 4.70. The Morgan fingerprint density at radius 3 is 2.71 bits per heavy atom. The molecular weight excluding hydrogens is 350 g/mol. The highest BCUT2D eigenvalue weighted by Gasteiger charge is 2.16. The SMILES string of the molecule is CCCNC(Cc1ccc(Br)cc1)c1cc(Cl)cnc1N. The van der Waals surface area contributed by atoms with Crippen molar-refractivity contribution in [2.45, 2.75) is 25.8 Å². The lowest BCUT2D eigenvalue weighted by molar-refractivity contribution is 0.529. The number of hydrogen-bond donors (Lipinski definition) is 2. The number of benzene rings is 1. The standard InChI is InChI=1S/C16H19BrClN3/c1-2-7-20-15(8-11-3-5-12(17)6-4-11)14-9-13(18)10-21-16(14)19/h3-6,9-10,15,20H,2,7-8H2,1H3,(H2,19,21). The Hall–Kier alpha value is -1.10. The second kappa shape index (κ2) is 7.78. The van der Waals surface area contributed by atoms with Crippen LogP contribution in [0, 0.1) is 0 Å². The van der Waals surface area contributed by atoms with Gasteiger partial charge in [-0.25, -0.2) is 4.98 Å². The summed E-state index contributed by atoms with van der Waals surface area (Å²) in [5.74, 6) is 0.533. The third-order valence-electron chi connectivity index (χ3n) is 3.29. The molecule has 0 saturated carbocycles. The fourth-order valence-electron chi connectivity index (χ4n) is 2.21. The molecule has 1 heterocycles. The van der Waals surface area contributed by atoms with E-state index in [1.807, 2.05) is 18.2 Å². The van der Waals surface area contributed by atoms with E-state index in [2.05, 4.69) is 45.3 Å². The summed E-state index contributed by atoms with van der Waals surface area (Å²) in [6.07, 6.45) is 3.49. The number of nitrogens with two attached hydrogens (primary N) is 1. The van der Waals surface area contributed by atoms with Gasteiger partial charge in [0.05, 0.1) is 5.02 Å². The Kier molecular flexibility index (Phi) is 6.03. The van der Waals surface area contributed by atoms with Crippen LogP contribution in [0.1, 0.15) is 30.5 Å². The van der Waals surface area contributed by atoms with Crippen LogP contribution in [-0.2, 0) is 6.42 Å². The third-order valence-corrected chi connectivity index (χ3v) is 4.02. The summed E-state index contributed by atoms with van der Waals surface area (Å²) in [6.45, 7) is 3.07. The van der Waals surface area contributed by atoms with Crippen molar-refractivity contribution in [3.63, 3.8) is 0 Å². The summed E-state index contributed by atoms with van der Waals surface area (Å²) in [6, 6.07) is 10.3. The molecule has 2 aromatic rings. The van der Waals surface area contributed by atoms with Crippen LogP contribution in [0.2, 0.25) is 5.02 Å². The van der Waals surface area contributed by atoms with Gasteiger partial charge in [-0.05, 0) is 43.1 Å². The number of pyridine rings is 1. The maximum absolute atomic E-state index is 6.07. The van der Waals surface area contributed by atoms with Crippen molar-refractivity contribution < 1.29 is 0 Å². The summed E-state index contributed by atoms with van der Waals surface area (Å²) in [4.78, 5) is 4.16. The molecule has 2 rings (SSSR count). The molecule has 0 saturated heterocycles. The lowest BCUT2D eigenvalue weighted by Crippen LogP contribution is -2.25. The number of nitrogens with one attached hydrogen (secondary N) is 1. The largest absolute Gasteiger partial charge is 0.383 e. The molecule has 0 spiro atoms. The van der Waals surface area contributed by atoms with Gasteiger partial charge >= 0.3 is 0 Å². The van der Waals surface area contributed by atoms with Crippen LogP contribution in [0.5, 0.6) is 0 Å². The average molecular weight is 369 g/mol. The van der Waals surface area contributed by atoms with Crippen molar-refractivity contribution in [1.29, 1.82) is 0 Å². The van der Waals surface area contributed by atoms with Crippen LogP contribution >= 0.6 is 27.5 Å². The Morgan fingerprint density at radius 1 is 1.33 bits per heavy atom. The molecule has 0 aliphatic carbocycles. The lowest BCUT2D eigenvalue weighted by Gasteiger charge is -2.20. The fourth-order valence-corrected chi connectivity index (χ4v) is 2.64. The number of rotatable bonds is 6. The Labute approximate surface area is 139 Å². The minimum atomic E-state index is 0.109. The Balaban J connectivity index is 2.25. The van der Waals surface area contributed by atoms with Gasteiger partial charge in [0.2, 0.25) is 0 Å². The molecule has 5 heteroatoms. The summed E-state index contributed by atoms with van der Waals surface area (Å²) in [7, 11) is 0. The first-order valence-corrected chi connectivity index (χ1v) is 8.16. The molecule has 112 valence electrons. The van der Waals surface area contributed by atoms with E-state index in [4.69, 9.17) is 17.3 Å². The maximum atomic E-state index is 6.07. The van der Waals surface area contributed by atoms with Gasteiger partial charge in [-0.15, -0.1) is 0 Å². The van der Waals surface area contributed by atoms with E-state index in [1.54, 1.807) is 6.20 Å². The van der Waals surface area contributed by atoms with Crippen LogP contribution in [-0.4, -0.2) is 11.5 Å². The second-order valence-corrected chi connectivity index (χ2v) is 6.32. The highest BCUT2D eigenvalue weighted by Crippen LogP contribution is 2.26. The molecule has 3 N–H and O–H groups in total. The predicted molar refractivity (Wildman–Crippen MR) is 92.5 cm³/mol. The summed E-state index contributed by atoms with van der Waals surface area (Å²) < 4.78 is 1.08. The van der Waals surface area contributed by atoms with Crippen LogP contribution in [0.25, 0.3) is 0 Å². The lowest BCUT2D eigenvalue weighted by atomic mass is 9.99. The number of nitrogens with zero attached hydrogens (tertiary/aromatic N) is 1. The zero-order chi connectivity index (χ0) is 15.2. The molecule has 0 fully saturated rings. The monoisotopic (exact) mass is 367 g/mol. The van der Waals surface area contributed by atoms with Gasteiger partial charge in [0.15, 0.2) is 0 Å². The minimum absolute atomic E-state index is 0.109. The average Bonchev–Trinajstić information content (AvgIpc) is 2.48. The van der Waals surface area contributed by atoms with E-state index >= 15 is 0 Å². The molecule has 21 heavy (non-hydrogen) atoms. The normalized spacial score (nSPS) is 12.3. The predicted octanol–water partition coefficient (Wildman–Crippen LogP) is 4.36. The molecule has 3 nitrogen and oxygen atoms in total. The smallest absolute Gasteiger partial charge is 0.128 e. The van der Waals surface area contributed by atoms with Gasteiger partial charge in [0, 0.05) is 22.3 Å².